The van der Waals surface area contributed by atoms with Crippen molar-refractivity contribution in [1.29, 1.82) is 0 Å². The molecule has 0 saturated heterocycles. The van der Waals surface area contributed by atoms with Crippen LogP contribution in [0, 0.1) is 6.08 Å². The average Bonchev–Trinajstić information content (AvgIpc) is 3.64. The summed E-state index contributed by atoms with van der Waals surface area (Å²) < 4.78 is 1.35. The summed E-state index contributed by atoms with van der Waals surface area (Å²) >= 11 is 12.7. The van der Waals surface area contributed by atoms with Crippen LogP contribution in [0.15, 0.2) is 109 Å². The zero-order valence-electron chi connectivity index (χ0n) is 26.1. The van der Waals surface area contributed by atoms with Crippen molar-refractivity contribution >= 4 is 48.0 Å². The van der Waals surface area contributed by atoms with E-state index in [4.69, 9.17) is 23.2 Å². The third-order valence-corrected chi connectivity index (χ3v) is 9.87. The first-order chi connectivity index (χ1) is 19.8. The van der Waals surface area contributed by atoms with Gasteiger partial charge in [0.05, 0.1) is 0 Å². The molecule has 5 aromatic rings. The van der Waals surface area contributed by atoms with E-state index >= 15 is 0 Å². The van der Waals surface area contributed by atoms with Crippen LogP contribution in [0.2, 0.25) is 10.0 Å². The van der Waals surface area contributed by atoms with Crippen molar-refractivity contribution in [1.82, 2.24) is 0 Å². The van der Waals surface area contributed by atoms with Crippen LogP contribution in [-0.4, -0.2) is 3.26 Å². The Kier molecular flexibility index (Phi) is 14.5. The van der Waals surface area contributed by atoms with Crippen molar-refractivity contribution in [3.8, 4) is 0 Å². The van der Waals surface area contributed by atoms with Gasteiger partial charge in [0.15, 0.2) is 0 Å². The molecule has 0 aromatic heterocycles. The second-order valence-electron chi connectivity index (χ2n) is 12.6. The maximum absolute atomic E-state index is 5.87. The summed E-state index contributed by atoms with van der Waals surface area (Å²) in [6, 6.07) is 32.1. The Morgan fingerprint density at radius 2 is 1.07 bits per heavy atom. The van der Waals surface area contributed by atoms with Gasteiger partial charge in [0.2, 0.25) is 0 Å². The van der Waals surface area contributed by atoms with E-state index in [-0.39, 0.29) is 35.6 Å². The second kappa shape index (κ2) is 16.6. The fourth-order valence-corrected chi connectivity index (χ4v) is 6.14. The molecule has 0 aliphatic heterocycles. The zero-order valence-corrected chi connectivity index (χ0v) is 32.7. The van der Waals surface area contributed by atoms with Crippen LogP contribution in [-0.2, 0) is 34.7 Å². The van der Waals surface area contributed by atoms with Crippen molar-refractivity contribution in [3.05, 3.63) is 148 Å². The number of allylic oxidation sites excluding steroid dienone is 4. The van der Waals surface area contributed by atoms with Crippen LogP contribution in [0.4, 0.5) is 0 Å². The van der Waals surface area contributed by atoms with Gasteiger partial charge in [-0.25, -0.2) is 12.2 Å². The largest absolute Gasteiger partial charge is 1.00 e. The van der Waals surface area contributed by atoms with Gasteiger partial charge in [0.25, 0.3) is 0 Å². The molecule has 0 radical (unpaired) electrons. The van der Waals surface area contributed by atoms with E-state index in [2.05, 4.69) is 120 Å². The summed E-state index contributed by atoms with van der Waals surface area (Å²) in [6.45, 7) is 13.6. The molecule has 0 atom stereocenters. The molecule has 228 valence electrons. The van der Waals surface area contributed by atoms with Crippen LogP contribution in [0.1, 0.15) is 70.2 Å². The summed E-state index contributed by atoms with van der Waals surface area (Å²) in [4.78, 5) is 0. The molecule has 0 unspecified atom stereocenters. The summed E-state index contributed by atoms with van der Waals surface area (Å²) in [7, 11) is 0. The van der Waals surface area contributed by atoms with Crippen LogP contribution >= 0.6 is 23.2 Å². The summed E-state index contributed by atoms with van der Waals surface area (Å²) in [5.41, 5.74) is 5.68. The third-order valence-electron chi connectivity index (χ3n) is 7.29. The van der Waals surface area contributed by atoms with Crippen molar-refractivity contribution in [2.24, 2.45) is 0 Å². The standard InChI is InChI=1S/C21H25.C13H8Cl2.C5H5.2ClH.Hf/c1-20(2,3)16-7-9-18-14(12-16)11-15-13-17(21(4,5)6)8-10-19(15)18;14-12-5-1-10(2-6-12)9-11-3-7-13(15)8-4-11;1-2-4-5-3-1;;;/h7-13H,1-6H3;1-8H;1-3H,4H2;2*1H;/q-1;;-1;;;+2/p-2. The van der Waals surface area contributed by atoms with Gasteiger partial charge in [-0.15, -0.1) is 46.2 Å². The van der Waals surface area contributed by atoms with Gasteiger partial charge in [-0.05, 0) is 10.8 Å². The van der Waals surface area contributed by atoms with Gasteiger partial charge in [-0.2, -0.15) is 6.08 Å². The van der Waals surface area contributed by atoms with E-state index < -0.39 is 0 Å². The van der Waals surface area contributed by atoms with Crippen LogP contribution in [0.25, 0.3) is 21.5 Å². The number of rotatable bonds is 2. The quantitative estimate of drug-likeness (QED) is 0.158. The van der Waals surface area contributed by atoms with Crippen molar-refractivity contribution in [3.63, 3.8) is 0 Å². The first kappa shape index (κ1) is 38.3. The fourth-order valence-electron chi connectivity index (χ4n) is 4.70. The molecule has 5 aromatic carbocycles. The molecule has 1 aliphatic rings. The minimum Gasteiger partial charge on any atom is -1.00 e. The molecule has 0 N–H and O–H groups in total. The van der Waals surface area contributed by atoms with E-state index in [0.29, 0.717) is 0 Å². The number of fused-ring (bicyclic) bond motifs is 3. The van der Waals surface area contributed by atoms with E-state index in [1.54, 1.807) is 0 Å². The van der Waals surface area contributed by atoms with E-state index in [1.807, 2.05) is 36.4 Å². The van der Waals surface area contributed by atoms with Crippen molar-refractivity contribution in [2.75, 3.05) is 0 Å². The first-order valence-electron chi connectivity index (χ1n) is 14.3. The van der Waals surface area contributed by atoms with Gasteiger partial charge in [0, 0.05) is 0 Å². The molecule has 44 heavy (non-hydrogen) atoms. The first-order valence-corrected chi connectivity index (χ1v) is 16.8. The normalized spacial score (nSPS) is 12.0. The van der Waals surface area contributed by atoms with Crippen LogP contribution < -0.4 is 24.8 Å². The molecule has 0 spiro atoms. The molecule has 1 aliphatic carbocycles. The number of hydrogen-bond donors (Lipinski definition) is 0. The smallest absolute Gasteiger partial charge is 0.109 e. The third kappa shape index (κ3) is 10.3. The molecule has 0 amide bonds. The Morgan fingerprint density at radius 1 is 0.659 bits per heavy atom. The Morgan fingerprint density at radius 3 is 1.36 bits per heavy atom. The molecule has 0 nitrogen and oxygen atoms in total. The maximum atomic E-state index is 5.87. The second-order valence-corrected chi connectivity index (χ2v) is 15.3. The van der Waals surface area contributed by atoms with Crippen LogP contribution in [0.5, 0.6) is 0 Å². The van der Waals surface area contributed by atoms with Gasteiger partial charge in [-0.3, -0.25) is 6.08 Å². The molecule has 0 heterocycles. The van der Waals surface area contributed by atoms with E-state index in [1.165, 1.54) is 47.1 Å². The van der Waals surface area contributed by atoms with Gasteiger partial charge in [0.1, 0.15) is 0 Å². The zero-order chi connectivity index (χ0) is 30.5. The minimum atomic E-state index is 0. The molecule has 0 fully saturated rings. The topological polar surface area (TPSA) is 0 Å². The SMILES string of the molecule is CC(C)(C)c1ccc2c(c1)[cH-]c1cc(C(C)(C)C)ccc12.Clc1ccc([C](=[Hf+2])c2ccc(Cl)cc2)cc1.[C-]1=CC=CC1.[Cl-].[Cl-]. The summed E-state index contributed by atoms with van der Waals surface area (Å²) in [5, 5.41) is 7.02. The van der Waals surface area contributed by atoms with Crippen molar-refractivity contribution in [2.45, 2.75) is 58.8 Å². The van der Waals surface area contributed by atoms with E-state index in [9.17, 15) is 0 Å². The Hall–Kier alpha value is -1.87. The summed E-state index contributed by atoms with van der Waals surface area (Å²) in [5.74, 6) is 0. The number of halogens is 4. The predicted molar refractivity (Wildman–Crippen MR) is 182 cm³/mol. The molecular formula is C39H38Cl4Hf-2. The molecule has 0 bridgehead atoms. The predicted octanol–water partition coefficient (Wildman–Crippen LogP) is 5.73. The minimum absolute atomic E-state index is 0. The van der Waals surface area contributed by atoms with E-state index in [0.717, 1.165) is 40.4 Å². The number of hydrogen-bond acceptors (Lipinski definition) is 0. The average molecular weight is 827 g/mol. The number of benzene rings is 4. The fraction of sp³-hybridized carbons (Fsp3) is 0.231. The van der Waals surface area contributed by atoms with Gasteiger partial charge >= 0.3 is 120 Å². The van der Waals surface area contributed by atoms with Gasteiger partial charge < -0.3 is 24.8 Å². The molecule has 0 saturated carbocycles. The monoisotopic (exact) mass is 826 g/mol. The van der Waals surface area contributed by atoms with Gasteiger partial charge in [-0.1, -0.05) is 76.9 Å². The van der Waals surface area contributed by atoms with Crippen LogP contribution in [0.3, 0.4) is 0 Å². The Bertz CT molecular complexity index is 1600. The maximum Gasteiger partial charge on any atom is -0.109 e. The molecular weight excluding hydrogens is 789 g/mol. The van der Waals surface area contributed by atoms with Crippen molar-refractivity contribution < 1.29 is 48.7 Å². The molecule has 6 rings (SSSR count). The molecule has 5 heteroatoms. The summed E-state index contributed by atoms with van der Waals surface area (Å²) in [6.07, 6.45) is 10.0. The Labute approximate surface area is 300 Å². The Balaban J connectivity index is 0.000000260.